The van der Waals surface area contributed by atoms with E-state index in [1.807, 2.05) is 6.07 Å². The largest absolute Gasteiger partial charge is 0.493 e. The number of methoxy groups -OCH3 is 3. The van der Waals surface area contributed by atoms with E-state index in [1.54, 1.807) is 27.5 Å². The summed E-state index contributed by atoms with van der Waals surface area (Å²) in [6.07, 6.45) is 4.52. The minimum absolute atomic E-state index is 0.206. The van der Waals surface area contributed by atoms with Crippen LogP contribution in [0.1, 0.15) is 24.0 Å². The Morgan fingerprint density at radius 2 is 1.74 bits per heavy atom. The second kappa shape index (κ2) is 7.89. The van der Waals surface area contributed by atoms with E-state index in [4.69, 9.17) is 18.9 Å². The Morgan fingerprint density at radius 1 is 0.968 bits per heavy atom. The van der Waals surface area contributed by atoms with Gasteiger partial charge in [-0.25, -0.2) is 0 Å². The van der Waals surface area contributed by atoms with E-state index in [0.717, 1.165) is 55.5 Å². The van der Waals surface area contributed by atoms with Gasteiger partial charge in [-0.1, -0.05) is 24.3 Å². The van der Waals surface area contributed by atoms with Gasteiger partial charge >= 0.3 is 0 Å². The zero-order chi connectivity index (χ0) is 21.4. The van der Waals surface area contributed by atoms with Crippen LogP contribution in [0.3, 0.4) is 0 Å². The topological polar surface area (TPSA) is 65.9 Å². The first kappa shape index (κ1) is 19.9. The fourth-order valence-electron chi connectivity index (χ4n) is 5.03. The molecule has 1 saturated heterocycles. The third-order valence-corrected chi connectivity index (χ3v) is 6.58. The van der Waals surface area contributed by atoms with Crippen molar-refractivity contribution in [1.82, 2.24) is 10.2 Å². The second-order valence-corrected chi connectivity index (χ2v) is 8.01. The number of nitrogens with zero attached hydrogens (tertiary/aromatic N) is 3. The molecule has 7 heteroatoms. The SMILES string of the molecule is COc1cc2c(N3CCC4(CC3)OCCc3ccccc34)nncc2c(OC)c1OC. The van der Waals surface area contributed by atoms with Gasteiger partial charge in [0.05, 0.1) is 45.1 Å². The predicted molar refractivity (Wildman–Crippen MR) is 118 cm³/mol. The van der Waals surface area contributed by atoms with Crippen molar-refractivity contribution >= 4 is 16.6 Å². The molecule has 0 bridgehead atoms. The molecule has 2 aliphatic heterocycles. The molecule has 31 heavy (non-hydrogen) atoms. The molecule has 0 amide bonds. The van der Waals surface area contributed by atoms with Gasteiger partial charge in [-0.05, 0) is 36.5 Å². The summed E-state index contributed by atoms with van der Waals surface area (Å²) in [7, 11) is 4.85. The van der Waals surface area contributed by atoms with E-state index in [1.165, 1.54) is 11.1 Å². The summed E-state index contributed by atoms with van der Waals surface area (Å²) in [6.45, 7) is 2.44. The normalized spacial score (nSPS) is 17.5. The van der Waals surface area contributed by atoms with Gasteiger partial charge in [-0.2, -0.15) is 5.10 Å². The number of ether oxygens (including phenoxy) is 4. The molecule has 3 heterocycles. The van der Waals surface area contributed by atoms with Crippen molar-refractivity contribution in [3.8, 4) is 17.2 Å². The van der Waals surface area contributed by atoms with Gasteiger partial charge in [0.15, 0.2) is 17.3 Å². The summed E-state index contributed by atoms with van der Waals surface area (Å²) >= 11 is 0. The van der Waals surface area contributed by atoms with Crippen molar-refractivity contribution in [1.29, 1.82) is 0 Å². The summed E-state index contributed by atoms with van der Waals surface area (Å²) in [5.74, 6) is 2.60. The molecule has 162 valence electrons. The summed E-state index contributed by atoms with van der Waals surface area (Å²) in [4.78, 5) is 2.28. The molecule has 0 unspecified atom stereocenters. The Morgan fingerprint density at radius 3 is 2.48 bits per heavy atom. The maximum absolute atomic E-state index is 6.39. The zero-order valence-electron chi connectivity index (χ0n) is 18.2. The van der Waals surface area contributed by atoms with Crippen molar-refractivity contribution in [3.63, 3.8) is 0 Å². The Labute approximate surface area is 181 Å². The fraction of sp³-hybridized carbons (Fsp3) is 0.417. The Balaban J connectivity index is 1.51. The van der Waals surface area contributed by atoms with Crippen LogP contribution in [0.4, 0.5) is 5.82 Å². The van der Waals surface area contributed by atoms with E-state index in [-0.39, 0.29) is 5.60 Å². The van der Waals surface area contributed by atoms with Crippen LogP contribution in [0.5, 0.6) is 17.2 Å². The van der Waals surface area contributed by atoms with Crippen LogP contribution >= 0.6 is 0 Å². The number of anilines is 1. The fourth-order valence-corrected chi connectivity index (χ4v) is 5.03. The lowest BCUT2D eigenvalue weighted by Gasteiger charge is -2.45. The molecule has 3 aromatic rings. The van der Waals surface area contributed by atoms with Crippen LogP contribution in [0.15, 0.2) is 36.5 Å². The molecule has 1 spiro atoms. The molecule has 0 atom stereocenters. The van der Waals surface area contributed by atoms with E-state index in [9.17, 15) is 0 Å². The highest BCUT2D eigenvalue weighted by Crippen LogP contribution is 2.46. The number of piperidine rings is 1. The van der Waals surface area contributed by atoms with Crippen molar-refractivity contribution in [2.24, 2.45) is 0 Å². The van der Waals surface area contributed by atoms with Gasteiger partial charge < -0.3 is 23.8 Å². The van der Waals surface area contributed by atoms with Gasteiger partial charge in [0.2, 0.25) is 5.75 Å². The van der Waals surface area contributed by atoms with Crippen LogP contribution in [0, 0.1) is 0 Å². The second-order valence-electron chi connectivity index (χ2n) is 8.01. The van der Waals surface area contributed by atoms with E-state index >= 15 is 0 Å². The molecule has 2 aromatic carbocycles. The summed E-state index contributed by atoms with van der Waals surface area (Å²) in [5, 5.41) is 10.6. The Kier molecular flexibility index (Phi) is 5.06. The van der Waals surface area contributed by atoms with Crippen molar-refractivity contribution in [2.45, 2.75) is 24.9 Å². The van der Waals surface area contributed by atoms with Crippen LogP contribution < -0.4 is 19.1 Å². The van der Waals surface area contributed by atoms with Gasteiger partial charge in [-0.15, -0.1) is 5.10 Å². The lowest BCUT2D eigenvalue weighted by atomic mass is 9.79. The molecule has 0 radical (unpaired) electrons. The molecule has 2 aliphatic rings. The van der Waals surface area contributed by atoms with Gasteiger partial charge in [0, 0.05) is 18.5 Å². The summed E-state index contributed by atoms with van der Waals surface area (Å²) in [5.41, 5.74) is 2.55. The molecule has 0 N–H and O–H groups in total. The molecule has 0 saturated carbocycles. The molecule has 0 aliphatic carbocycles. The van der Waals surface area contributed by atoms with Crippen molar-refractivity contribution < 1.29 is 18.9 Å². The Hall–Kier alpha value is -3.06. The average molecular weight is 421 g/mol. The lowest BCUT2D eigenvalue weighted by molar-refractivity contribution is -0.0766. The number of rotatable bonds is 4. The predicted octanol–water partition coefficient (Wildman–Crippen LogP) is 3.72. The van der Waals surface area contributed by atoms with Gasteiger partial charge in [-0.3, -0.25) is 0 Å². The molecular weight excluding hydrogens is 394 g/mol. The highest BCUT2D eigenvalue weighted by atomic mass is 16.5. The summed E-state index contributed by atoms with van der Waals surface area (Å²) in [6, 6.07) is 10.6. The number of hydrogen-bond donors (Lipinski definition) is 0. The quantitative estimate of drug-likeness (QED) is 0.636. The molecule has 1 fully saturated rings. The summed E-state index contributed by atoms with van der Waals surface area (Å²) < 4.78 is 23.1. The maximum Gasteiger partial charge on any atom is 0.204 e. The van der Waals surface area contributed by atoms with Crippen LogP contribution in [0.25, 0.3) is 10.8 Å². The van der Waals surface area contributed by atoms with Crippen LogP contribution in [-0.2, 0) is 16.8 Å². The van der Waals surface area contributed by atoms with Gasteiger partial charge in [0.25, 0.3) is 0 Å². The highest BCUT2D eigenvalue weighted by molar-refractivity contribution is 5.99. The third kappa shape index (κ3) is 3.15. The van der Waals surface area contributed by atoms with Crippen LogP contribution in [-0.4, -0.2) is 51.2 Å². The van der Waals surface area contributed by atoms with Crippen LogP contribution in [0.2, 0.25) is 0 Å². The first-order chi connectivity index (χ1) is 15.2. The first-order valence-corrected chi connectivity index (χ1v) is 10.6. The third-order valence-electron chi connectivity index (χ3n) is 6.58. The zero-order valence-corrected chi connectivity index (χ0v) is 18.2. The van der Waals surface area contributed by atoms with E-state index in [0.29, 0.717) is 17.2 Å². The molecule has 5 rings (SSSR count). The first-order valence-electron chi connectivity index (χ1n) is 10.6. The average Bonchev–Trinajstić information content (AvgIpc) is 2.83. The number of aromatic nitrogens is 2. The van der Waals surface area contributed by atoms with E-state index < -0.39 is 0 Å². The lowest BCUT2D eigenvalue weighted by Crippen LogP contribution is -2.47. The van der Waals surface area contributed by atoms with Crippen molar-refractivity contribution in [2.75, 3.05) is 45.9 Å². The smallest absolute Gasteiger partial charge is 0.204 e. The van der Waals surface area contributed by atoms with Crippen molar-refractivity contribution in [3.05, 3.63) is 47.7 Å². The molecular formula is C24H27N3O4. The molecule has 7 nitrogen and oxygen atoms in total. The number of benzene rings is 2. The minimum Gasteiger partial charge on any atom is -0.493 e. The highest BCUT2D eigenvalue weighted by Gasteiger charge is 2.41. The monoisotopic (exact) mass is 421 g/mol. The molecule has 1 aromatic heterocycles. The number of hydrogen-bond acceptors (Lipinski definition) is 7. The van der Waals surface area contributed by atoms with Gasteiger partial charge in [0.1, 0.15) is 0 Å². The number of fused-ring (bicyclic) bond motifs is 3. The Bertz CT molecular complexity index is 1110. The maximum atomic E-state index is 6.39. The standard InChI is InChI=1S/C24H27N3O4/c1-28-20-14-17-18(21(29-2)22(20)30-3)15-25-26-23(17)27-11-9-24(10-12-27)19-7-5-4-6-16(19)8-13-31-24/h4-7,14-15H,8-13H2,1-3H3. The minimum atomic E-state index is -0.206. The van der Waals surface area contributed by atoms with E-state index in [2.05, 4.69) is 39.4 Å².